The van der Waals surface area contributed by atoms with Crippen LogP contribution in [-0.4, -0.2) is 42.0 Å². The summed E-state index contributed by atoms with van der Waals surface area (Å²) in [5, 5.41) is 10.7. The van der Waals surface area contributed by atoms with Gasteiger partial charge in [-0.15, -0.1) is 0 Å². The number of carbonyl (C=O) groups is 1. The number of aromatic nitrogens is 2. The zero-order valence-corrected chi connectivity index (χ0v) is 11.3. The molecule has 0 radical (unpaired) electrons. The van der Waals surface area contributed by atoms with Crippen molar-refractivity contribution in [2.75, 3.05) is 31.0 Å². The van der Waals surface area contributed by atoms with Gasteiger partial charge in [0, 0.05) is 31.5 Å². The summed E-state index contributed by atoms with van der Waals surface area (Å²) in [4.78, 5) is 28.0. The topological polar surface area (TPSA) is 98.3 Å². The Kier molecular flexibility index (Phi) is 2.69. The van der Waals surface area contributed by atoms with Gasteiger partial charge in [0.2, 0.25) is 0 Å². The second kappa shape index (κ2) is 6.89. The van der Waals surface area contributed by atoms with E-state index in [0.717, 1.165) is 0 Å². The van der Waals surface area contributed by atoms with E-state index < -0.39 is 55.7 Å². The van der Waals surface area contributed by atoms with Gasteiger partial charge < -0.3 is 24.5 Å². The fourth-order valence-corrected chi connectivity index (χ4v) is 1.13. The van der Waals surface area contributed by atoms with Crippen LogP contribution in [0.2, 0.25) is 0 Å². The minimum absolute atomic E-state index is 0. The quantitative estimate of drug-likeness (QED) is 0.551. The Morgan fingerprint density at radius 3 is 2.89 bits per heavy atom. The number of carbonyl (C=O) groups excluding carboxylic acids is 1. The molecule has 1 N–H and O–H groups in total. The van der Waals surface area contributed by atoms with Gasteiger partial charge in [-0.1, -0.05) is 0 Å². The van der Waals surface area contributed by atoms with Crippen LogP contribution in [-0.2, 0) is 16.0 Å². The Labute approximate surface area is 137 Å². The first-order chi connectivity index (χ1) is 11.1. The van der Waals surface area contributed by atoms with Crippen LogP contribution in [0, 0.1) is 0 Å². The zero-order chi connectivity index (χ0) is 19.4. The number of H-pyrrole nitrogens is 1. The van der Waals surface area contributed by atoms with Crippen LogP contribution < -0.4 is 45.1 Å². The van der Waals surface area contributed by atoms with Gasteiger partial charge in [0.1, 0.15) is 11.6 Å². The third kappa shape index (κ3) is 4.09. The fraction of sp³-hybridized carbons (Fsp3) is 0.500. The summed E-state index contributed by atoms with van der Waals surface area (Å²) < 4.78 is 66.0. The summed E-state index contributed by atoms with van der Waals surface area (Å²) in [5.74, 6) is -2.92. The smallest absolute Gasteiger partial charge is 0.550 e. The molecule has 0 aromatic carbocycles. The van der Waals surface area contributed by atoms with Crippen molar-refractivity contribution in [3.63, 3.8) is 0 Å². The fourth-order valence-electron chi connectivity index (χ4n) is 1.13. The largest absolute Gasteiger partial charge is 1.00 e. The molecule has 0 saturated carbocycles. The number of rotatable bonds is 3. The Morgan fingerprint density at radius 2 is 2.28 bits per heavy atom. The second-order valence-electron chi connectivity index (χ2n) is 2.96. The number of hydrogen-bond donors (Lipinski definition) is 1. The van der Waals surface area contributed by atoms with Gasteiger partial charge in [-0.05, 0) is 0 Å². The van der Waals surface area contributed by atoms with Crippen molar-refractivity contribution >= 4 is 11.8 Å². The number of hydrogen-bond acceptors (Lipinski definition) is 6. The first-order valence-electron chi connectivity index (χ1n) is 8.42. The number of ether oxygens (including phenoxy) is 1. The van der Waals surface area contributed by atoms with Crippen LogP contribution in [0.4, 0.5) is 5.82 Å². The van der Waals surface area contributed by atoms with Crippen LogP contribution in [0.15, 0.2) is 10.9 Å². The maximum atomic E-state index is 11.7. The van der Waals surface area contributed by atoms with Gasteiger partial charge in [-0.3, -0.25) is 4.79 Å². The molecule has 0 aliphatic carbocycles. The molecule has 8 heteroatoms. The normalized spacial score (nSPS) is 32.8. The van der Waals surface area contributed by atoms with E-state index in [-0.39, 0.29) is 34.5 Å². The molecule has 1 aromatic heterocycles. The van der Waals surface area contributed by atoms with Crippen molar-refractivity contribution in [2.24, 2.45) is 0 Å². The van der Waals surface area contributed by atoms with Gasteiger partial charge in [0.25, 0.3) is 5.56 Å². The van der Waals surface area contributed by atoms with E-state index in [0.29, 0.717) is 6.07 Å². The average Bonchev–Trinajstić information content (AvgIpc) is 2.33. The van der Waals surface area contributed by atoms with Crippen LogP contribution in [0.3, 0.4) is 0 Å². The molecular weight excluding hydrogens is 249 g/mol. The zero-order valence-electron chi connectivity index (χ0n) is 17.3. The molecule has 1 saturated heterocycles. The first-order valence-corrected chi connectivity index (χ1v) is 4.42. The number of anilines is 1. The molecule has 7 nitrogen and oxygen atoms in total. The molecule has 0 unspecified atom stereocenters. The van der Waals surface area contributed by atoms with Crippen LogP contribution >= 0.6 is 0 Å². The third-order valence-corrected chi connectivity index (χ3v) is 1.74. The molecule has 2 rings (SSSR count). The van der Waals surface area contributed by atoms with E-state index in [1.165, 1.54) is 0 Å². The Bertz CT molecular complexity index is 745. The summed E-state index contributed by atoms with van der Waals surface area (Å²) in [5.41, 5.74) is -0.972. The second-order valence-corrected chi connectivity index (χ2v) is 2.96. The molecular formula is C10H12N3NaO4. The molecule has 1 aliphatic heterocycles. The van der Waals surface area contributed by atoms with Gasteiger partial charge >= 0.3 is 29.6 Å². The third-order valence-electron chi connectivity index (χ3n) is 1.74. The molecule has 0 amide bonds. The maximum Gasteiger partial charge on any atom is 1.00 e. The van der Waals surface area contributed by atoms with Crippen LogP contribution in [0.1, 0.15) is 16.8 Å². The van der Waals surface area contributed by atoms with E-state index in [4.69, 9.17) is 11.0 Å². The summed E-state index contributed by atoms with van der Waals surface area (Å²) in [6.07, 6.45) is -0.876. The molecule has 1 aliphatic rings. The summed E-state index contributed by atoms with van der Waals surface area (Å²) in [6, 6.07) is 0.589. The maximum absolute atomic E-state index is 11.7. The number of nitrogens with one attached hydrogen (secondary N) is 1. The van der Waals surface area contributed by atoms with E-state index >= 15 is 0 Å². The molecule has 0 atom stereocenters. The number of carboxylic acids is 1. The summed E-state index contributed by atoms with van der Waals surface area (Å²) in [7, 11) is 0. The average molecular weight is 269 g/mol. The molecule has 1 fully saturated rings. The van der Waals surface area contributed by atoms with Crippen molar-refractivity contribution in [1.82, 2.24) is 9.97 Å². The monoisotopic (exact) mass is 269 g/mol. The first kappa shape index (κ1) is 7.04. The molecule has 92 valence electrons. The van der Waals surface area contributed by atoms with Crippen molar-refractivity contribution in [2.45, 2.75) is 6.42 Å². The number of morpholine rings is 1. The van der Waals surface area contributed by atoms with E-state index in [1.54, 1.807) is 0 Å². The minimum Gasteiger partial charge on any atom is -0.550 e. The predicted molar refractivity (Wildman–Crippen MR) is 56.6 cm³/mol. The summed E-state index contributed by atoms with van der Waals surface area (Å²) >= 11 is 0. The van der Waals surface area contributed by atoms with Gasteiger partial charge in [0.15, 0.2) is 0 Å². The number of carboxylic acid groups (broad SMARTS) is 1. The van der Waals surface area contributed by atoms with E-state index in [1.807, 2.05) is 4.98 Å². The van der Waals surface area contributed by atoms with Crippen molar-refractivity contribution < 1.29 is 55.2 Å². The van der Waals surface area contributed by atoms with Gasteiger partial charge in [0.05, 0.1) is 24.1 Å². The van der Waals surface area contributed by atoms with Crippen molar-refractivity contribution in [3.8, 4) is 0 Å². The SMILES string of the molecule is [2H]C1([2H])OC([2H])([2H])C([2H])([2H])N(c2cc(=O)[nH]c(CC(=O)[O-])n2)C1([2H])[2H].[Na+]. The molecule has 1 aromatic rings. The van der Waals surface area contributed by atoms with Crippen molar-refractivity contribution in [3.05, 3.63) is 22.2 Å². The van der Waals surface area contributed by atoms with Crippen LogP contribution in [0.25, 0.3) is 0 Å². The number of aromatic amines is 1. The summed E-state index contributed by atoms with van der Waals surface area (Å²) in [6.45, 7) is -13.2. The van der Waals surface area contributed by atoms with Crippen LogP contribution in [0.5, 0.6) is 0 Å². The number of nitrogens with zero attached hydrogens (tertiary/aromatic N) is 2. The Hall–Kier alpha value is -0.890. The molecule has 0 spiro atoms. The van der Waals surface area contributed by atoms with Gasteiger partial charge in [-0.2, -0.15) is 0 Å². The Morgan fingerprint density at radius 1 is 1.61 bits per heavy atom. The van der Waals surface area contributed by atoms with E-state index in [9.17, 15) is 14.7 Å². The number of aliphatic carboxylic acids is 1. The standard InChI is InChI=1S/C10H13N3O4.Na/c14-9-6-8(13-1-3-17-4-2-13)11-7(12-9)5-10(15)16;/h6H,1-5H2,(H,15,16)(H,11,12,14);/q;+1/p-1/i1D2,2D2,3D2,4D2;. The van der Waals surface area contributed by atoms with Gasteiger partial charge in [-0.25, -0.2) is 4.98 Å². The predicted octanol–water partition coefficient (Wildman–Crippen LogP) is -5.10. The minimum atomic E-state index is -3.32. The Balaban J connectivity index is 0.00000338. The van der Waals surface area contributed by atoms with Crippen molar-refractivity contribution in [1.29, 1.82) is 0 Å². The molecule has 0 bridgehead atoms. The molecule has 18 heavy (non-hydrogen) atoms. The molecule has 2 heterocycles. The van der Waals surface area contributed by atoms with E-state index in [2.05, 4.69) is 9.72 Å².